The number of carbonyl (C=O) groups excluding carboxylic acids is 2. The van der Waals surface area contributed by atoms with Crippen molar-refractivity contribution >= 4 is 17.5 Å². The van der Waals surface area contributed by atoms with Gasteiger partial charge in [0.1, 0.15) is 0 Å². The summed E-state index contributed by atoms with van der Waals surface area (Å²) in [7, 11) is 0. The van der Waals surface area contributed by atoms with Crippen molar-refractivity contribution in [3.05, 3.63) is 65.2 Å². The predicted octanol–water partition coefficient (Wildman–Crippen LogP) is 3.87. The van der Waals surface area contributed by atoms with E-state index >= 15 is 0 Å². The van der Waals surface area contributed by atoms with Gasteiger partial charge in [-0.15, -0.1) is 0 Å². The average Bonchev–Trinajstić information content (AvgIpc) is 3.09. The highest BCUT2D eigenvalue weighted by atomic mass is 16.2. The molecule has 0 aromatic heterocycles. The lowest BCUT2D eigenvalue weighted by Crippen LogP contribution is -2.26. The summed E-state index contributed by atoms with van der Waals surface area (Å²) in [5.41, 5.74) is 4.05. The van der Waals surface area contributed by atoms with E-state index in [9.17, 15) is 9.59 Å². The van der Waals surface area contributed by atoms with Gasteiger partial charge < -0.3 is 10.2 Å². The van der Waals surface area contributed by atoms with Gasteiger partial charge in [0.2, 0.25) is 5.91 Å². The quantitative estimate of drug-likeness (QED) is 0.771. The molecule has 0 bridgehead atoms. The number of unbranched alkanes of at least 4 members (excludes halogenated alkanes) is 1. The number of hydrogen-bond donors (Lipinski definition) is 1. The predicted molar refractivity (Wildman–Crippen MR) is 104 cm³/mol. The third-order valence-corrected chi connectivity index (χ3v) is 4.79. The molecule has 4 heteroatoms. The molecule has 1 fully saturated rings. The molecule has 0 atom stereocenters. The van der Waals surface area contributed by atoms with Gasteiger partial charge in [-0.3, -0.25) is 9.59 Å². The monoisotopic (exact) mass is 350 g/mol. The van der Waals surface area contributed by atoms with E-state index in [1.54, 1.807) is 11.0 Å². The van der Waals surface area contributed by atoms with Gasteiger partial charge >= 0.3 is 0 Å². The van der Waals surface area contributed by atoms with Crippen molar-refractivity contribution in [1.82, 2.24) is 5.32 Å². The minimum absolute atomic E-state index is 0.0752. The molecule has 1 aliphatic rings. The number of aryl methyl sites for hydroxylation is 2. The third kappa shape index (κ3) is 4.72. The highest BCUT2D eigenvalue weighted by molar-refractivity contribution is 5.99. The molecule has 136 valence electrons. The molecule has 0 saturated carbocycles. The first-order valence-electron chi connectivity index (χ1n) is 9.38. The number of nitrogens with one attached hydrogen (secondary N) is 1. The summed E-state index contributed by atoms with van der Waals surface area (Å²) in [6.07, 6.45) is 4.51. The summed E-state index contributed by atoms with van der Waals surface area (Å²) in [6, 6.07) is 15.9. The van der Waals surface area contributed by atoms with Crippen LogP contribution in [0.1, 0.15) is 47.2 Å². The Morgan fingerprint density at radius 2 is 1.92 bits per heavy atom. The van der Waals surface area contributed by atoms with Crippen LogP contribution in [0.3, 0.4) is 0 Å². The zero-order valence-corrected chi connectivity index (χ0v) is 15.3. The van der Waals surface area contributed by atoms with Crippen LogP contribution >= 0.6 is 0 Å². The molecule has 26 heavy (non-hydrogen) atoms. The summed E-state index contributed by atoms with van der Waals surface area (Å²) < 4.78 is 0. The molecular formula is C22H26N2O2. The maximum absolute atomic E-state index is 12.3. The van der Waals surface area contributed by atoms with Gasteiger partial charge in [0, 0.05) is 30.8 Å². The van der Waals surface area contributed by atoms with Gasteiger partial charge in [-0.1, -0.05) is 35.9 Å². The summed E-state index contributed by atoms with van der Waals surface area (Å²) in [5.74, 6) is 0.0625. The van der Waals surface area contributed by atoms with Gasteiger partial charge in [0.05, 0.1) is 0 Å². The van der Waals surface area contributed by atoms with Crippen LogP contribution in [-0.2, 0) is 11.2 Å². The Bertz CT molecular complexity index is 768. The van der Waals surface area contributed by atoms with Crippen molar-refractivity contribution in [2.24, 2.45) is 0 Å². The van der Waals surface area contributed by atoms with Gasteiger partial charge in [-0.25, -0.2) is 0 Å². The molecule has 1 heterocycles. The Labute approximate surface area is 155 Å². The van der Waals surface area contributed by atoms with Crippen LogP contribution in [0.15, 0.2) is 48.5 Å². The fourth-order valence-corrected chi connectivity index (χ4v) is 3.25. The van der Waals surface area contributed by atoms with Crippen LogP contribution in [0.4, 0.5) is 5.69 Å². The third-order valence-electron chi connectivity index (χ3n) is 4.79. The van der Waals surface area contributed by atoms with E-state index < -0.39 is 0 Å². The Balaban J connectivity index is 1.44. The largest absolute Gasteiger partial charge is 0.352 e. The SMILES string of the molecule is Cc1ccc(CCCCNC(=O)c2cccc(N3CCCC3=O)c2)cc1. The number of rotatable bonds is 7. The molecule has 0 unspecified atom stereocenters. The second kappa shape index (κ2) is 8.65. The standard InChI is InChI=1S/C22H26N2O2/c1-17-10-12-18(13-11-17)6-2-3-14-23-22(26)19-7-4-8-20(16-19)24-15-5-9-21(24)25/h4,7-8,10-13,16H,2-3,5-6,9,14-15H2,1H3,(H,23,26). The summed E-state index contributed by atoms with van der Waals surface area (Å²) in [5, 5.41) is 2.98. The molecule has 0 radical (unpaired) electrons. The molecule has 2 aromatic carbocycles. The highest BCUT2D eigenvalue weighted by Gasteiger charge is 2.22. The highest BCUT2D eigenvalue weighted by Crippen LogP contribution is 2.22. The molecule has 3 rings (SSSR count). The number of amides is 2. The Kier molecular flexibility index (Phi) is 6.05. The normalized spacial score (nSPS) is 13.9. The van der Waals surface area contributed by atoms with Crippen molar-refractivity contribution in [2.75, 3.05) is 18.0 Å². The first-order chi connectivity index (χ1) is 12.6. The van der Waals surface area contributed by atoms with Crippen molar-refractivity contribution < 1.29 is 9.59 Å². The van der Waals surface area contributed by atoms with Gasteiger partial charge in [0.25, 0.3) is 5.91 Å². The lowest BCUT2D eigenvalue weighted by Gasteiger charge is -2.16. The maximum Gasteiger partial charge on any atom is 0.251 e. The van der Waals surface area contributed by atoms with Crippen LogP contribution < -0.4 is 10.2 Å². The van der Waals surface area contributed by atoms with Gasteiger partial charge in [-0.05, 0) is 56.4 Å². The molecular weight excluding hydrogens is 324 g/mol. The molecule has 1 saturated heterocycles. The molecule has 0 spiro atoms. The van der Waals surface area contributed by atoms with Crippen LogP contribution in [-0.4, -0.2) is 24.9 Å². The zero-order valence-electron chi connectivity index (χ0n) is 15.3. The molecule has 2 amide bonds. The molecule has 1 aliphatic heterocycles. The van der Waals surface area contributed by atoms with Crippen LogP contribution in [0.25, 0.3) is 0 Å². The zero-order chi connectivity index (χ0) is 18.4. The van der Waals surface area contributed by atoms with E-state index in [1.807, 2.05) is 18.2 Å². The van der Waals surface area contributed by atoms with E-state index in [4.69, 9.17) is 0 Å². The smallest absolute Gasteiger partial charge is 0.251 e. The molecule has 2 aromatic rings. The first kappa shape index (κ1) is 18.2. The Hall–Kier alpha value is -2.62. The molecule has 1 N–H and O–H groups in total. The van der Waals surface area contributed by atoms with Crippen molar-refractivity contribution in [2.45, 2.75) is 39.0 Å². The summed E-state index contributed by atoms with van der Waals surface area (Å²) in [4.78, 5) is 26.0. The summed E-state index contributed by atoms with van der Waals surface area (Å²) >= 11 is 0. The van der Waals surface area contributed by atoms with E-state index in [0.717, 1.165) is 37.9 Å². The average molecular weight is 350 g/mol. The minimum Gasteiger partial charge on any atom is -0.352 e. The van der Waals surface area contributed by atoms with Crippen LogP contribution in [0.5, 0.6) is 0 Å². The number of hydrogen-bond acceptors (Lipinski definition) is 2. The lowest BCUT2D eigenvalue weighted by molar-refractivity contribution is -0.117. The number of nitrogens with zero attached hydrogens (tertiary/aromatic N) is 1. The fourth-order valence-electron chi connectivity index (χ4n) is 3.25. The van der Waals surface area contributed by atoms with Gasteiger partial charge in [0.15, 0.2) is 0 Å². The van der Waals surface area contributed by atoms with Crippen molar-refractivity contribution in [3.63, 3.8) is 0 Å². The van der Waals surface area contributed by atoms with Crippen LogP contribution in [0.2, 0.25) is 0 Å². The second-order valence-corrected chi connectivity index (χ2v) is 6.90. The van der Waals surface area contributed by atoms with Crippen molar-refractivity contribution in [3.8, 4) is 0 Å². The maximum atomic E-state index is 12.3. The lowest BCUT2D eigenvalue weighted by atomic mass is 10.1. The fraction of sp³-hybridized carbons (Fsp3) is 0.364. The molecule has 0 aliphatic carbocycles. The topological polar surface area (TPSA) is 49.4 Å². The minimum atomic E-state index is -0.0752. The summed E-state index contributed by atoms with van der Waals surface area (Å²) in [6.45, 7) is 3.49. The Morgan fingerprint density at radius 3 is 2.65 bits per heavy atom. The number of benzene rings is 2. The first-order valence-corrected chi connectivity index (χ1v) is 9.38. The second-order valence-electron chi connectivity index (χ2n) is 6.90. The molecule has 4 nitrogen and oxygen atoms in total. The van der Waals surface area contributed by atoms with E-state index in [-0.39, 0.29) is 11.8 Å². The van der Waals surface area contributed by atoms with Gasteiger partial charge in [-0.2, -0.15) is 0 Å². The Morgan fingerprint density at radius 1 is 1.12 bits per heavy atom. The van der Waals surface area contributed by atoms with E-state index in [0.29, 0.717) is 18.5 Å². The number of carbonyl (C=O) groups is 2. The van der Waals surface area contributed by atoms with E-state index in [2.05, 4.69) is 36.5 Å². The van der Waals surface area contributed by atoms with Crippen molar-refractivity contribution in [1.29, 1.82) is 0 Å². The number of anilines is 1. The van der Waals surface area contributed by atoms with E-state index in [1.165, 1.54) is 11.1 Å². The van der Waals surface area contributed by atoms with Crippen LogP contribution in [0, 0.1) is 6.92 Å².